The average molecular weight is 312 g/mol. The van der Waals surface area contributed by atoms with Crippen molar-refractivity contribution in [2.24, 2.45) is 0 Å². The fraction of sp³-hybridized carbons (Fsp3) is 0.133. The number of rotatable bonds is 4. The second kappa shape index (κ2) is 5.97. The second-order valence-corrected chi connectivity index (χ2v) is 4.26. The summed E-state index contributed by atoms with van der Waals surface area (Å²) in [4.78, 5) is 11.4. The van der Waals surface area contributed by atoms with Gasteiger partial charge in [-0.2, -0.15) is 0 Å². The Bertz CT molecular complexity index is 678. The molecule has 4 nitrogen and oxygen atoms in total. The van der Waals surface area contributed by atoms with Gasteiger partial charge in [0.05, 0.1) is 7.11 Å². The molecule has 0 aliphatic heterocycles. The van der Waals surface area contributed by atoms with Crippen molar-refractivity contribution in [1.82, 2.24) is 0 Å². The summed E-state index contributed by atoms with van der Waals surface area (Å²) in [6, 6.07) is 9.58. The highest BCUT2D eigenvalue weighted by molar-refractivity contribution is 5.99. The summed E-state index contributed by atoms with van der Waals surface area (Å²) in [5.41, 5.74) is 0.714. The molecular formula is C15H11F3O4. The fourth-order valence-corrected chi connectivity index (χ4v) is 2.00. The predicted octanol–water partition coefficient (Wildman–Crippen LogP) is 3.96. The van der Waals surface area contributed by atoms with Crippen molar-refractivity contribution in [2.45, 2.75) is 6.36 Å². The van der Waals surface area contributed by atoms with E-state index in [-0.39, 0.29) is 17.1 Å². The van der Waals surface area contributed by atoms with Crippen molar-refractivity contribution in [3.63, 3.8) is 0 Å². The molecule has 0 radical (unpaired) electrons. The number of carboxylic acids is 1. The van der Waals surface area contributed by atoms with Crippen molar-refractivity contribution >= 4 is 5.97 Å². The van der Waals surface area contributed by atoms with Crippen molar-refractivity contribution in [2.75, 3.05) is 7.11 Å². The van der Waals surface area contributed by atoms with Crippen LogP contribution in [0.1, 0.15) is 10.4 Å². The maximum absolute atomic E-state index is 12.1. The van der Waals surface area contributed by atoms with Gasteiger partial charge in [-0.1, -0.05) is 24.3 Å². The molecule has 0 saturated heterocycles. The smallest absolute Gasteiger partial charge is 0.496 e. The Hall–Kier alpha value is -2.70. The van der Waals surface area contributed by atoms with Gasteiger partial charge in [0, 0.05) is 0 Å². The molecule has 2 aromatic carbocycles. The van der Waals surface area contributed by atoms with Gasteiger partial charge in [-0.3, -0.25) is 0 Å². The highest BCUT2D eigenvalue weighted by atomic mass is 19.4. The van der Waals surface area contributed by atoms with Crippen LogP contribution in [0.4, 0.5) is 13.2 Å². The van der Waals surface area contributed by atoms with Crippen LogP contribution in [0.5, 0.6) is 11.5 Å². The third-order valence-corrected chi connectivity index (χ3v) is 2.86. The van der Waals surface area contributed by atoms with Gasteiger partial charge in [0.25, 0.3) is 0 Å². The Kier molecular flexibility index (Phi) is 4.25. The first kappa shape index (κ1) is 15.7. The summed E-state index contributed by atoms with van der Waals surface area (Å²) < 4.78 is 45.1. The molecule has 22 heavy (non-hydrogen) atoms. The molecule has 0 unspecified atom stereocenters. The van der Waals surface area contributed by atoms with Crippen LogP contribution in [-0.4, -0.2) is 24.5 Å². The van der Waals surface area contributed by atoms with Gasteiger partial charge in [0.2, 0.25) is 0 Å². The summed E-state index contributed by atoms with van der Waals surface area (Å²) in [5, 5.41) is 9.29. The minimum absolute atomic E-state index is 0.0607. The van der Waals surface area contributed by atoms with Crippen LogP contribution in [0, 0.1) is 0 Å². The Labute approximate surface area is 123 Å². The van der Waals surface area contributed by atoms with Crippen LogP contribution >= 0.6 is 0 Å². The van der Waals surface area contributed by atoms with Crippen LogP contribution in [0.2, 0.25) is 0 Å². The average Bonchev–Trinajstić information content (AvgIpc) is 2.45. The maximum atomic E-state index is 12.1. The molecule has 116 valence electrons. The fourth-order valence-electron chi connectivity index (χ4n) is 2.00. The van der Waals surface area contributed by atoms with Crippen LogP contribution in [0.3, 0.4) is 0 Å². The van der Waals surface area contributed by atoms with E-state index < -0.39 is 12.3 Å². The molecule has 2 rings (SSSR count). The van der Waals surface area contributed by atoms with Crippen molar-refractivity contribution in [3.05, 3.63) is 48.0 Å². The number of methoxy groups -OCH3 is 1. The molecule has 0 atom stereocenters. The number of benzene rings is 2. The molecule has 2 aromatic rings. The molecule has 0 aliphatic carbocycles. The third kappa shape index (κ3) is 3.49. The Morgan fingerprint density at radius 1 is 1.09 bits per heavy atom. The van der Waals surface area contributed by atoms with Gasteiger partial charge >= 0.3 is 12.3 Å². The van der Waals surface area contributed by atoms with Gasteiger partial charge in [0.15, 0.2) is 0 Å². The first-order chi connectivity index (χ1) is 10.3. The van der Waals surface area contributed by atoms with E-state index >= 15 is 0 Å². The molecule has 0 spiro atoms. The number of ether oxygens (including phenoxy) is 2. The maximum Gasteiger partial charge on any atom is 0.573 e. The molecule has 0 amide bonds. The summed E-state index contributed by atoms with van der Waals surface area (Å²) >= 11 is 0. The normalized spacial score (nSPS) is 11.1. The lowest BCUT2D eigenvalue weighted by atomic mass is 9.99. The van der Waals surface area contributed by atoms with Crippen molar-refractivity contribution < 1.29 is 32.5 Å². The second-order valence-electron chi connectivity index (χ2n) is 4.26. The molecule has 0 saturated carbocycles. The van der Waals surface area contributed by atoms with E-state index in [2.05, 4.69) is 4.74 Å². The van der Waals surface area contributed by atoms with E-state index in [4.69, 9.17) is 4.74 Å². The summed E-state index contributed by atoms with van der Waals surface area (Å²) in [7, 11) is 1.34. The van der Waals surface area contributed by atoms with E-state index in [1.54, 1.807) is 12.1 Å². The number of hydrogen-bond acceptors (Lipinski definition) is 3. The van der Waals surface area contributed by atoms with E-state index in [0.717, 1.165) is 12.1 Å². The lowest BCUT2D eigenvalue weighted by molar-refractivity contribution is -0.274. The van der Waals surface area contributed by atoms with Gasteiger partial charge in [-0.25, -0.2) is 4.79 Å². The number of aromatic carboxylic acids is 1. The zero-order valence-electron chi connectivity index (χ0n) is 11.3. The molecule has 0 fully saturated rings. The summed E-state index contributed by atoms with van der Waals surface area (Å²) in [5.74, 6) is -1.40. The third-order valence-electron chi connectivity index (χ3n) is 2.86. The Balaban J connectivity index is 2.42. The number of halogens is 3. The van der Waals surface area contributed by atoms with Crippen molar-refractivity contribution in [3.8, 4) is 22.6 Å². The van der Waals surface area contributed by atoms with Gasteiger partial charge in [-0.05, 0) is 29.3 Å². The van der Waals surface area contributed by atoms with E-state index in [1.807, 2.05) is 0 Å². The van der Waals surface area contributed by atoms with Gasteiger partial charge < -0.3 is 14.6 Å². The lowest BCUT2D eigenvalue weighted by Crippen LogP contribution is -2.16. The minimum atomic E-state index is -4.77. The Morgan fingerprint density at radius 3 is 2.23 bits per heavy atom. The Morgan fingerprint density at radius 2 is 1.73 bits per heavy atom. The number of hydrogen-bond donors (Lipinski definition) is 1. The number of carboxylic acid groups (broad SMARTS) is 1. The van der Waals surface area contributed by atoms with Crippen LogP contribution in [-0.2, 0) is 0 Å². The predicted molar refractivity (Wildman–Crippen MR) is 72.1 cm³/mol. The first-order valence-corrected chi connectivity index (χ1v) is 6.08. The van der Waals surface area contributed by atoms with Gasteiger partial charge in [-0.15, -0.1) is 13.2 Å². The zero-order valence-corrected chi connectivity index (χ0v) is 11.3. The lowest BCUT2D eigenvalue weighted by Gasteiger charge is -2.12. The highest BCUT2D eigenvalue weighted by Gasteiger charge is 2.31. The number of carbonyl (C=O) groups is 1. The first-order valence-electron chi connectivity index (χ1n) is 6.08. The topological polar surface area (TPSA) is 55.8 Å². The number of alkyl halides is 3. The summed E-state index contributed by atoms with van der Waals surface area (Å²) in [6.45, 7) is 0. The monoisotopic (exact) mass is 312 g/mol. The van der Waals surface area contributed by atoms with Crippen LogP contribution in [0.15, 0.2) is 42.5 Å². The molecular weight excluding hydrogens is 301 g/mol. The minimum Gasteiger partial charge on any atom is -0.496 e. The zero-order chi connectivity index (χ0) is 16.3. The SMILES string of the molecule is COc1cccc(-c2ccc(OC(F)(F)F)cc2)c1C(=O)O. The van der Waals surface area contributed by atoms with Crippen molar-refractivity contribution in [1.29, 1.82) is 0 Å². The largest absolute Gasteiger partial charge is 0.573 e. The molecule has 1 N–H and O–H groups in total. The van der Waals surface area contributed by atoms with Crippen LogP contribution in [0.25, 0.3) is 11.1 Å². The standard InChI is InChI=1S/C15H11F3O4/c1-21-12-4-2-3-11(13(12)14(19)20)9-5-7-10(8-6-9)22-15(16,17)18/h2-8H,1H3,(H,19,20). The molecule has 7 heteroatoms. The molecule has 0 heterocycles. The quantitative estimate of drug-likeness (QED) is 0.928. The molecule has 0 bridgehead atoms. The van der Waals surface area contributed by atoms with E-state index in [9.17, 15) is 23.1 Å². The molecule has 0 aromatic heterocycles. The van der Waals surface area contributed by atoms with Gasteiger partial charge in [0.1, 0.15) is 17.1 Å². The highest BCUT2D eigenvalue weighted by Crippen LogP contribution is 2.32. The van der Waals surface area contributed by atoms with Crippen LogP contribution < -0.4 is 9.47 Å². The van der Waals surface area contributed by atoms with E-state index in [1.165, 1.54) is 25.3 Å². The molecule has 0 aliphatic rings. The summed E-state index contributed by atoms with van der Waals surface area (Å²) in [6.07, 6.45) is -4.77. The van der Waals surface area contributed by atoms with E-state index in [0.29, 0.717) is 11.1 Å².